The summed E-state index contributed by atoms with van der Waals surface area (Å²) in [6.07, 6.45) is 0.902. The quantitative estimate of drug-likeness (QED) is 0.570. The van der Waals surface area contributed by atoms with Crippen molar-refractivity contribution in [2.75, 3.05) is 6.54 Å². The van der Waals surface area contributed by atoms with E-state index in [0.29, 0.717) is 11.0 Å². The van der Waals surface area contributed by atoms with E-state index in [4.69, 9.17) is 23.2 Å². The lowest BCUT2D eigenvalue weighted by Gasteiger charge is -2.14. The molecule has 0 saturated carbocycles. The van der Waals surface area contributed by atoms with E-state index in [9.17, 15) is 0 Å². The maximum Gasteiger partial charge on any atom is 0.160 e. The van der Waals surface area contributed by atoms with Crippen molar-refractivity contribution in [2.24, 2.45) is 4.99 Å². The van der Waals surface area contributed by atoms with E-state index in [1.54, 1.807) is 0 Å². The molecule has 0 aromatic carbocycles. The van der Waals surface area contributed by atoms with E-state index in [1.165, 1.54) is 11.8 Å². The Morgan fingerprint density at radius 1 is 1.89 bits per heavy atom. The Morgan fingerprint density at radius 2 is 2.56 bits per heavy atom. The minimum absolute atomic E-state index is 0.239. The maximum atomic E-state index is 6.01. The highest BCUT2D eigenvalue weighted by Crippen LogP contribution is 2.40. The Hall–Kier alpha value is 0.600. The number of rotatable bonds is 1. The second kappa shape index (κ2) is 2.69. The molecule has 0 amide bonds. The summed E-state index contributed by atoms with van der Waals surface area (Å²) in [6.45, 7) is 2.68. The van der Waals surface area contributed by atoms with Crippen LogP contribution >= 0.6 is 35.0 Å². The molecule has 1 nitrogen and oxygen atoms in total. The first kappa shape index (κ1) is 7.70. The lowest BCUT2D eigenvalue weighted by Crippen LogP contribution is -2.14. The predicted octanol–water partition coefficient (Wildman–Crippen LogP) is 2.67. The lowest BCUT2D eigenvalue weighted by molar-refractivity contribution is 0.778. The molecular weight excluding hydrogens is 177 g/mol. The van der Waals surface area contributed by atoms with Crippen molar-refractivity contribution in [3.63, 3.8) is 0 Å². The largest absolute Gasteiger partial charge is 0.264 e. The first-order valence-corrected chi connectivity index (χ1v) is 4.31. The third-order valence-electron chi connectivity index (χ3n) is 1.23. The fourth-order valence-electron chi connectivity index (χ4n) is 0.580. The second-order valence-electron chi connectivity index (χ2n) is 1.91. The summed E-state index contributed by atoms with van der Waals surface area (Å²) in [5.41, 5.74) is 0. The van der Waals surface area contributed by atoms with E-state index in [-0.39, 0.29) is 4.21 Å². The molecule has 4 heteroatoms. The van der Waals surface area contributed by atoms with Crippen molar-refractivity contribution in [3.05, 3.63) is 0 Å². The molecule has 0 radical (unpaired) electrons. The summed E-state index contributed by atoms with van der Waals surface area (Å²) >= 11 is 13.1. The number of hydrogen-bond donors (Lipinski definition) is 0. The standard InChI is InChI=1S/C5H7Cl2NS/c1-2-5(7)3-8-4(6)9-5/h2-3H2,1H3. The molecule has 9 heavy (non-hydrogen) atoms. The molecule has 1 aliphatic heterocycles. The van der Waals surface area contributed by atoms with Crippen LogP contribution < -0.4 is 0 Å². The number of thioether (sulfide) groups is 1. The minimum Gasteiger partial charge on any atom is -0.264 e. The summed E-state index contributed by atoms with van der Waals surface area (Å²) in [5.74, 6) is 0. The zero-order valence-corrected chi connectivity index (χ0v) is 7.35. The van der Waals surface area contributed by atoms with Crippen LogP contribution in [0.2, 0.25) is 0 Å². The summed E-state index contributed by atoms with van der Waals surface area (Å²) in [6, 6.07) is 0. The number of nitrogens with zero attached hydrogens (tertiary/aromatic N) is 1. The molecule has 0 saturated heterocycles. The molecule has 0 aromatic rings. The van der Waals surface area contributed by atoms with Gasteiger partial charge in [0.05, 0.1) is 6.54 Å². The van der Waals surface area contributed by atoms with Gasteiger partial charge in [-0.1, -0.05) is 30.3 Å². The highest BCUT2D eigenvalue weighted by molar-refractivity contribution is 8.19. The summed E-state index contributed by atoms with van der Waals surface area (Å²) in [4.78, 5) is 3.97. The van der Waals surface area contributed by atoms with Crippen LogP contribution in [0, 0.1) is 0 Å². The van der Waals surface area contributed by atoms with Gasteiger partial charge >= 0.3 is 0 Å². The predicted molar refractivity (Wildman–Crippen MR) is 44.6 cm³/mol. The van der Waals surface area contributed by atoms with Gasteiger partial charge in [0.25, 0.3) is 0 Å². The summed E-state index contributed by atoms with van der Waals surface area (Å²) < 4.78 is 0.351. The fraction of sp³-hybridized carbons (Fsp3) is 0.800. The van der Waals surface area contributed by atoms with Crippen molar-refractivity contribution in [2.45, 2.75) is 17.6 Å². The molecule has 1 heterocycles. The molecule has 52 valence electrons. The molecule has 0 fully saturated rings. The monoisotopic (exact) mass is 183 g/mol. The van der Waals surface area contributed by atoms with Crippen LogP contribution in [0.1, 0.15) is 13.3 Å². The van der Waals surface area contributed by atoms with Crippen LogP contribution in [-0.4, -0.2) is 15.3 Å². The molecule has 0 bridgehead atoms. The van der Waals surface area contributed by atoms with Crippen LogP contribution in [-0.2, 0) is 0 Å². The van der Waals surface area contributed by atoms with E-state index in [2.05, 4.69) is 4.99 Å². The fourth-order valence-corrected chi connectivity index (χ4v) is 2.18. The minimum atomic E-state index is -0.239. The van der Waals surface area contributed by atoms with Crippen molar-refractivity contribution in [1.29, 1.82) is 0 Å². The Kier molecular flexibility index (Phi) is 2.30. The molecule has 0 N–H and O–H groups in total. The Morgan fingerprint density at radius 3 is 2.78 bits per heavy atom. The van der Waals surface area contributed by atoms with Gasteiger partial charge in [0, 0.05) is 0 Å². The molecule has 1 unspecified atom stereocenters. The molecule has 1 rings (SSSR count). The Labute approximate surface area is 68.8 Å². The zero-order chi connectivity index (χ0) is 6.91. The van der Waals surface area contributed by atoms with Crippen LogP contribution in [0.5, 0.6) is 0 Å². The van der Waals surface area contributed by atoms with Crippen molar-refractivity contribution < 1.29 is 0 Å². The third-order valence-corrected chi connectivity index (χ3v) is 3.28. The van der Waals surface area contributed by atoms with Gasteiger partial charge in [-0.3, -0.25) is 4.99 Å². The van der Waals surface area contributed by atoms with Crippen LogP contribution in [0.4, 0.5) is 0 Å². The number of alkyl halides is 1. The van der Waals surface area contributed by atoms with Gasteiger partial charge in [0.1, 0.15) is 4.21 Å². The normalized spacial score (nSPS) is 34.8. The summed E-state index contributed by atoms with van der Waals surface area (Å²) in [5, 5.41) is 0. The van der Waals surface area contributed by atoms with E-state index >= 15 is 0 Å². The average molecular weight is 184 g/mol. The van der Waals surface area contributed by atoms with E-state index in [0.717, 1.165) is 6.42 Å². The molecular formula is C5H7Cl2NS. The zero-order valence-electron chi connectivity index (χ0n) is 5.03. The third kappa shape index (κ3) is 1.76. The topological polar surface area (TPSA) is 12.4 Å². The van der Waals surface area contributed by atoms with Gasteiger partial charge in [-0.15, -0.1) is 11.6 Å². The van der Waals surface area contributed by atoms with E-state index < -0.39 is 0 Å². The highest BCUT2D eigenvalue weighted by atomic mass is 35.5. The smallest absolute Gasteiger partial charge is 0.160 e. The van der Waals surface area contributed by atoms with Gasteiger partial charge < -0.3 is 0 Å². The lowest BCUT2D eigenvalue weighted by atomic mass is 10.3. The molecule has 0 aliphatic carbocycles. The number of hydrogen-bond acceptors (Lipinski definition) is 2. The van der Waals surface area contributed by atoms with Gasteiger partial charge in [0.15, 0.2) is 4.50 Å². The molecule has 1 aliphatic rings. The van der Waals surface area contributed by atoms with Gasteiger partial charge in [-0.25, -0.2) is 0 Å². The van der Waals surface area contributed by atoms with Crippen molar-refractivity contribution in [3.8, 4) is 0 Å². The molecule has 1 atom stereocenters. The Balaban J connectivity index is 2.53. The summed E-state index contributed by atoms with van der Waals surface area (Å²) in [7, 11) is 0. The van der Waals surface area contributed by atoms with Gasteiger partial charge in [-0.05, 0) is 6.42 Å². The Bertz CT molecular complexity index is 148. The maximum absolute atomic E-state index is 6.01. The van der Waals surface area contributed by atoms with Gasteiger partial charge in [-0.2, -0.15) is 0 Å². The van der Waals surface area contributed by atoms with E-state index in [1.807, 2.05) is 6.92 Å². The molecule has 0 aromatic heterocycles. The number of halogens is 2. The van der Waals surface area contributed by atoms with Crippen LogP contribution in [0.25, 0.3) is 0 Å². The highest BCUT2D eigenvalue weighted by Gasteiger charge is 2.32. The first-order valence-electron chi connectivity index (χ1n) is 2.74. The second-order valence-corrected chi connectivity index (χ2v) is 4.81. The SMILES string of the molecule is CCC1(Cl)CN=C(Cl)S1. The number of aliphatic imine (C=N–C) groups is 1. The van der Waals surface area contributed by atoms with Crippen LogP contribution in [0.15, 0.2) is 4.99 Å². The first-order chi connectivity index (χ1) is 4.16. The van der Waals surface area contributed by atoms with Crippen molar-refractivity contribution >= 4 is 39.5 Å². The van der Waals surface area contributed by atoms with Gasteiger partial charge in [0.2, 0.25) is 0 Å². The molecule has 0 spiro atoms. The van der Waals surface area contributed by atoms with Crippen LogP contribution in [0.3, 0.4) is 0 Å². The van der Waals surface area contributed by atoms with Crippen molar-refractivity contribution in [1.82, 2.24) is 0 Å². The average Bonchev–Trinajstić information content (AvgIpc) is 2.13.